The Morgan fingerprint density at radius 3 is 2.28 bits per heavy atom. The molecule has 1 amide bonds. The van der Waals surface area contributed by atoms with Gasteiger partial charge < -0.3 is 4.90 Å². The van der Waals surface area contributed by atoms with Gasteiger partial charge in [0, 0.05) is 31.6 Å². The zero-order valence-electron chi connectivity index (χ0n) is 14.6. The fraction of sp³-hybridized carbons (Fsp3) is 0.611. The molecule has 3 rings (SSSR count). The maximum atomic E-state index is 13.1. The minimum absolute atomic E-state index is 0.0939. The van der Waals surface area contributed by atoms with Crippen molar-refractivity contribution in [3.8, 4) is 0 Å². The Hall–Kier alpha value is -1.47. The molecule has 1 saturated carbocycles. The third kappa shape index (κ3) is 3.72. The molecular formula is C18H25FN2O3S. The van der Waals surface area contributed by atoms with Gasteiger partial charge in [-0.3, -0.25) is 4.79 Å². The Morgan fingerprint density at radius 1 is 1.00 bits per heavy atom. The van der Waals surface area contributed by atoms with Crippen LogP contribution in [0.15, 0.2) is 29.2 Å². The zero-order chi connectivity index (χ0) is 18.1. The lowest BCUT2D eigenvalue weighted by Crippen LogP contribution is -2.43. The Kier molecular flexibility index (Phi) is 5.16. The van der Waals surface area contributed by atoms with Crippen LogP contribution in [0.1, 0.15) is 39.0 Å². The summed E-state index contributed by atoms with van der Waals surface area (Å²) in [4.78, 5) is 14.8. The smallest absolute Gasteiger partial charge is 0.243 e. The van der Waals surface area contributed by atoms with Crippen molar-refractivity contribution < 1.29 is 17.6 Å². The van der Waals surface area contributed by atoms with Gasteiger partial charge in [0.05, 0.1) is 4.90 Å². The van der Waals surface area contributed by atoms with E-state index in [0.717, 1.165) is 37.8 Å². The molecule has 7 heteroatoms. The summed E-state index contributed by atoms with van der Waals surface area (Å²) in [7, 11) is -3.66. The number of rotatable bonds is 3. The highest BCUT2D eigenvalue weighted by molar-refractivity contribution is 7.89. The minimum Gasteiger partial charge on any atom is -0.341 e. The third-order valence-electron chi connectivity index (χ3n) is 5.42. The average molecular weight is 368 g/mol. The minimum atomic E-state index is -3.66. The van der Waals surface area contributed by atoms with Crippen LogP contribution in [-0.2, 0) is 14.8 Å². The highest BCUT2D eigenvalue weighted by Crippen LogP contribution is 2.39. The van der Waals surface area contributed by atoms with Gasteiger partial charge in [0.2, 0.25) is 15.9 Å². The zero-order valence-corrected chi connectivity index (χ0v) is 15.4. The van der Waals surface area contributed by atoms with Crippen LogP contribution in [0.25, 0.3) is 0 Å². The highest BCUT2D eigenvalue weighted by Gasteiger charge is 2.40. The van der Waals surface area contributed by atoms with Crippen molar-refractivity contribution in [3.05, 3.63) is 30.1 Å². The Morgan fingerprint density at radius 2 is 1.64 bits per heavy atom. The molecule has 0 atom stereocenters. The molecule has 138 valence electrons. The van der Waals surface area contributed by atoms with Gasteiger partial charge in [0.25, 0.3) is 0 Å². The molecule has 2 aliphatic rings. The summed E-state index contributed by atoms with van der Waals surface area (Å²) in [6.07, 6.45) is 4.62. The second kappa shape index (κ2) is 7.03. The van der Waals surface area contributed by atoms with Gasteiger partial charge in [0.15, 0.2) is 0 Å². The van der Waals surface area contributed by atoms with Crippen LogP contribution in [0.4, 0.5) is 4.39 Å². The summed E-state index contributed by atoms with van der Waals surface area (Å²) in [6, 6.07) is 4.89. The van der Waals surface area contributed by atoms with Crippen molar-refractivity contribution in [2.75, 3.05) is 26.2 Å². The van der Waals surface area contributed by atoms with E-state index in [0.29, 0.717) is 26.1 Å². The van der Waals surface area contributed by atoms with E-state index in [4.69, 9.17) is 0 Å². The van der Waals surface area contributed by atoms with Crippen molar-refractivity contribution in [2.24, 2.45) is 5.41 Å². The van der Waals surface area contributed by atoms with Gasteiger partial charge in [-0.15, -0.1) is 0 Å². The third-order valence-corrected chi connectivity index (χ3v) is 7.33. The molecule has 2 fully saturated rings. The summed E-state index contributed by atoms with van der Waals surface area (Å²) >= 11 is 0. The van der Waals surface area contributed by atoms with Crippen LogP contribution in [-0.4, -0.2) is 49.7 Å². The maximum absolute atomic E-state index is 13.1. The topological polar surface area (TPSA) is 57.7 Å². The van der Waals surface area contributed by atoms with E-state index >= 15 is 0 Å². The predicted molar refractivity (Wildman–Crippen MR) is 92.9 cm³/mol. The monoisotopic (exact) mass is 368 g/mol. The lowest BCUT2D eigenvalue weighted by molar-refractivity contribution is -0.140. The first kappa shape index (κ1) is 18.3. The van der Waals surface area contributed by atoms with Crippen molar-refractivity contribution >= 4 is 15.9 Å². The summed E-state index contributed by atoms with van der Waals surface area (Å²) in [5.74, 6) is -0.303. The van der Waals surface area contributed by atoms with Gasteiger partial charge >= 0.3 is 0 Å². The van der Waals surface area contributed by atoms with E-state index in [1.165, 1.54) is 16.4 Å². The van der Waals surface area contributed by atoms with Gasteiger partial charge in [-0.05, 0) is 43.5 Å². The van der Waals surface area contributed by atoms with Crippen LogP contribution in [0.3, 0.4) is 0 Å². The van der Waals surface area contributed by atoms with Crippen molar-refractivity contribution in [3.63, 3.8) is 0 Å². The number of nitrogens with zero attached hydrogens (tertiary/aromatic N) is 2. The first-order valence-corrected chi connectivity index (χ1v) is 10.3. The molecule has 0 aromatic heterocycles. The van der Waals surface area contributed by atoms with Crippen LogP contribution in [0, 0.1) is 11.2 Å². The Balaban J connectivity index is 1.71. The number of halogens is 1. The van der Waals surface area contributed by atoms with Gasteiger partial charge in [-0.25, -0.2) is 12.8 Å². The number of carbonyl (C=O) groups is 1. The molecule has 5 nitrogen and oxygen atoms in total. The summed E-state index contributed by atoms with van der Waals surface area (Å²) < 4.78 is 40.0. The van der Waals surface area contributed by atoms with Gasteiger partial charge in [-0.2, -0.15) is 4.31 Å². The molecule has 1 aliphatic heterocycles. The molecule has 1 aromatic rings. The van der Waals surface area contributed by atoms with Crippen molar-refractivity contribution in [1.29, 1.82) is 0 Å². The number of sulfonamides is 1. The van der Waals surface area contributed by atoms with E-state index < -0.39 is 15.8 Å². The molecule has 0 unspecified atom stereocenters. The van der Waals surface area contributed by atoms with E-state index in [1.807, 2.05) is 11.8 Å². The number of carbonyl (C=O) groups excluding carboxylic acids is 1. The maximum Gasteiger partial charge on any atom is 0.243 e. The molecule has 1 heterocycles. The van der Waals surface area contributed by atoms with Crippen molar-refractivity contribution in [2.45, 2.75) is 43.9 Å². The molecule has 0 bridgehead atoms. The van der Waals surface area contributed by atoms with E-state index in [-0.39, 0.29) is 22.8 Å². The fourth-order valence-electron chi connectivity index (χ4n) is 3.84. The SMILES string of the molecule is CC1(C(=O)N2CCCN(S(=O)(=O)c3ccc(F)cc3)CC2)CCCC1. The molecule has 0 radical (unpaired) electrons. The summed E-state index contributed by atoms with van der Waals surface area (Å²) in [6.45, 7) is 3.68. The van der Waals surface area contributed by atoms with E-state index in [2.05, 4.69) is 0 Å². The first-order chi connectivity index (χ1) is 11.8. The molecule has 1 aromatic carbocycles. The van der Waals surface area contributed by atoms with Crippen LogP contribution >= 0.6 is 0 Å². The number of amides is 1. The van der Waals surface area contributed by atoms with Crippen molar-refractivity contribution in [1.82, 2.24) is 9.21 Å². The lowest BCUT2D eigenvalue weighted by Gasteiger charge is -2.31. The molecule has 1 aliphatic carbocycles. The van der Waals surface area contributed by atoms with E-state index in [9.17, 15) is 17.6 Å². The lowest BCUT2D eigenvalue weighted by atomic mass is 9.87. The average Bonchev–Trinajstić information content (AvgIpc) is 2.89. The second-order valence-electron chi connectivity index (χ2n) is 7.27. The normalized spacial score (nSPS) is 21.9. The van der Waals surface area contributed by atoms with Gasteiger partial charge in [0.1, 0.15) is 5.82 Å². The Labute approximate surface area is 148 Å². The fourth-order valence-corrected chi connectivity index (χ4v) is 5.31. The molecule has 0 N–H and O–H groups in total. The quantitative estimate of drug-likeness (QED) is 0.824. The number of benzene rings is 1. The first-order valence-electron chi connectivity index (χ1n) is 8.88. The molecule has 25 heavy (non-hydrogen) atoms. The van der Waals surface area contributed by atoms with Crippen LogP contribution in [0.2, 0.25) is 0 Å². The van der Waals surface area contributed by atoms with Crippen LogP contribution < -0.4 is 0 Å². The van der Waals surface area contributed by atoms with E-state index in [1.54, 1.807) is 0 Å². The predicted octanol–water partition coefficient (Wildman–Crippen LogP) is 2.63. The van der Waals surface area contributed by atoms with Crippen LogP contribution in [0.5, 0.6) is 0 Å². The number of hydrogen-bond acceptors (Lipinski definition) is 3. The standard InChI is InChI=1S/C18H25FN2O3S/c1-18(9-2-3-10-18)17(22)20-11-4-12-21(14-13-20)25(23,24)16-7-5-15(19)6-8-16/h5-8H,2-4,9-14H2,1H3. The number of hydrogen-bond donors (Lipinski definition) is 0. The Bertz CT molecular complexity index is 727. The molecule has 0 spiro atoms. The summed E-state index contributed by atoms with van der Waals surface area (Å²) in [5.41, 5.74) is -0.287. The second-order valence-corrected chi connectivity index (χ2v) is 9.21. The highest BCUT2D eigenvalue weighted by atomic mass is 32.2. The van der Waals surface area contributed by atoms with Gasteiger partial charge in [-0.1, -0.05) is 19.8 Å². The summed E-state index contributed by atoms with van der Waals surface area (Å²) in [5, 5.41) is 0. The molecular weight excluding hydrogens is 343 g/mol. The molecule has 1 saturated heterocycles. The largest absolute Gasteiger partial charge is 0.341 e.